The molecular weight excluding hydrogens is 332 g/mol. The van der Waals surface area contributed by atoms with E-state index in [2.05, 4.69) is 26.5 Å². The lowest BCUT2D eigenvalue weighted by Gasteiger charge is -2.60. The fourth-order valence-corrected chi connectivity index (χ4v) is 9.83. The van der Waals surface area contributed by atoms with Gasteiger partial charge in [0.05, 0.1) is 5.76 Å². The number of fused-ring (bicyclic) bond motifs is 12. The van der Waals surface area contributed by atoms with Crippen molar-refractivity contribution in [2.45, 2.75) is 70.8 Å². The molecule has 0 N–H and O–H groups in total. The molecule has 7 rings (SSSR count). The van der Waals surface area contributed by atoms with Crippen molar-refractivity contribution in [1.29, 1.82) is 0 Å². The fraction of sp³-hybridized carbons (Fsp3) is 0.800. The van der Waals surface area contributed by atoms with E-state index in [0.717, 1.165) is 66.4 Å². The molecule has 0 aromatic heterocycles. The van der Waals surface area contributed by atoms with Gasteiger partial charge in [-0.05, 0) is 85.5 Å². The summed E-state index contributed by atoms with van der Waals surface area (Å²) in [6.45, 7) is 9.35. The van der Waals surface area contributed by atoms with Gasteiger partial charge in [0, 0.05) is 24.2 Å². The smallest absolute Gasteiger partial charge is 0.155 e. The van der Waals surface area contributed by atoms with Crippen LogP contribution in [0.3, 0.4) is 0 Å². The van der Waals surface area contributed by atoms with Crippen LogP contribution in [0, 0.1) is 52.3 Å². The van der Waals surface area contributed by atoms with E-state index in [1.807, 2.05) is 0 Å². The second-order valence-electron chi connectivity index (χ2n) is 11.7. The molecule has 7 aliphatic rings. The third-order valence-electron chi connectivity index (χ3n) is 11.0. The standard InChI is InChI=1S/C25H32O2/c1-13-4-9-25(27-13)20-12-17(20)22-21-16-11-15(16)19-10-14(26)5-7-23(19,2)18(21)6-8-24(22,25)3/h10,15-18,20-22H,1,4-9,11-12H2,2-3H3/t15?,16?,17?,18?,20-,21?,22?,23+,24-,25-/m0/s1. The maximum Gasteiger partial charge on any atom is 0.155 e. The summed E-state index contributed by atoms with van der Waals surface area (Å²) in [5, 5.41) is 0. The molecule has 2 nitrogen and oxygen atoms in total. The van der Waals surface area contributed by atoms with E-state index in [1.165, 1.54) is 32.1 Å². The Morgan fingerprint density at radius 1 is 1.07 bits per heavy atom. The molecule has 10 atom stereocenters. The van der Waals surface area contributed by atoms with Gasteiger partial charge < -0.3 is 4.74 Å². The molecule has 1 heterocycles. The minimum atomic E-state index is 0.119. The first-order valence-corrected chi connectivity index (χ1v) is 11.5. The Hall–Kier alpha value is -1.05. The Kier molecular flexibility index (Phi) is 2.59. The summed E-state index contributed by atoms with van der Waals surface area (Å²) in [5.74, 6) is 7.32. The van der Waals surface area contributed by atoms with Crippen molar-refractivity contribution in [3.05, 3.63) is 24.0 Å². The zero-order valence-electron chi connectivity index (χ0n) is 16.8. The van der Waals surface area contributed by atoms with E-state index in [4.69, 9.17) is 4.74 Å². The SMILES string of the molecule is C=C1CC[C@]2(O1)[C@H]1CC1C1C3C4CC4C4=CC(=O)CC[C@]4(C)C3CC[C@@]12C. The molecule has 0 amide bonds. The normalized spacial score (nSPS) is 62.0. The van der Waals surface area contributed by atoms with Gasteiger partial charge in [0.25, 0.3) is 0 Å². The number of carbonyl (C=O) groups excluding carboxylic acids is 1. The number of ketones is 1. The van der Waals surface area contributed by atoms with E-state index in [-0.39, 0.29) is 5.60 Å². The Morgan fingerprint density at radius 3 is 2.70 bits per heavy atom. The predicted molar refractivity (Wildman–Crippen MR) is 104 cm³/mol. The highest BCUT2D eigenvalue weighted by molar-refractivity contribution is 5.92. The summed E-state index contributed by atoms with van der Waals surface area (Å²) in [5.41, 5.74) is 2.35. The average molecular weight is 365 g/mol. The number of rotatable bonds is 0. The molecule has 27 heavy (non-hydrogen) atoms. The van der Waals surface area contributed by atoms with Crippen molar-refractivity contribution >= 4 is 5.78 Å². The maximum absolute atomic E-state index is 12.2. The van der Waals surface area contributed by atoms with Gasteiger partial charge in [0.1, 0.15) is 5.60 Å². The number of carbonyl (C=O) groups is 1. The molecule has 0 bridgehead atoms. The molecule has 6 aliphatic carbocycles. The zero-order chi connectivity index (χ0) is 18.3. The molecule has 0 aromatic rings. The highest BCUT2D eigenvalue weighted by Gasteiger charge is 2.80. The quantitative estimate of drug-likeness (QED) is 0.583. The van der Waals surface area contributed by atoms with Crippen molar-refractivity contribution in [3.63, 3.8) is 0 Å². The summed E-state index contributed by atoms with van der Waals surface area (Å²) in [6, 6.07) is 0. The monoisotopic (exact) mass is 364 g/mol. The second-order valence-corrected chi connectivity index (χ2v) is 11.7. The van der Waals surface area contributed by atoms with Crippen molar-refractivity contribution in [3.8, 4) is 0 Å². The lowest BCUT2D eigenvalue weighted by atomic mass is 9.45. The number of ether oxygens (including phenoxy) is 1. The van der Waals surface area contributed by atoms with Gasteiger partial charge in [0.2, 0.25) is 0 Å². The van der Waals surface area contributed by atoms with E-state index < -0.39 is 0 Å². The molecule has 0 radical (unpaired) electrons. The van der Waals surface area contributed by atoms with E-state index in [9.17, 15) is 4.79 Å². The number of allylic oxidation sites excluding steroid dienone is 2. The first-order valence-electron chi connectivity index (χ1n) is 11.5. The van der Waals surface area contributed by atoms with Crippen molar-refractivity contribution in [1.82, 2.24) is 0 Å². The highest BCUT2D eigenvalue weighted by atomic mass is 16.5. The number of hydrogen-bond donors (Lipinski definition) is 0. The van der Waals surface area contributed by atoms with Crippen LogP contribution in [-0.2, 0) is 9.53 Å². The molecule has 5 saturated carbocycles. The summed E-state index contributed by atoms with van der Waals surface area (Å²) in [7, 11) is 0. The molecule has 1 saturated heterocycles. The Balaban J connectivity index is 1.33. The molecular formula is C25H32O2. The van der Waals surface area contributed by atoms with Crippen molar-refractivity contribution in [2.24, 2.45) is 52.3 Å². The van der Waals surface area contributed by atoms with Crippen LogP contribution < -0.4 is 0 Å². The van der Waals surface area contributed by atoms with Gasteiger partial charge in [-0.3, -0.25) is 4.79 Å². The lowest BCUT2D eigenvalue weighted by molar-refractivity contribution is -0.146. The molecule has 6 unspecified atom stereocenters. The molecule has 0 aromatic carbocycles. The van der Waals surface area contributed by atoms with E-state index in [1.54, 1.807) is 5.57 Å². The topological polar surface area (TPSA) is 26.3 Å². The minimum Gasteiger partial charge on any atom is -0.491 e. The Morgan fingerprint density at radius 2 is 1.93 bits per heavy atom. The third kappa shape index (κ3) is 1.59. The van der Waals surface area contributed by atoms with Gasteiger partial charge in [-0.15, -0.1) is 0 Å². The second kappa shape index (κ2) is 4.41. The Labute approximate surface area is 162 Å². The van der Waals surface area contributed by atoms with Crippen LogP contribution in [0.2, 0.25) is 0 Å². The van der Waals surface area contributed by atoms with Crippen LogP contribution in [0.25, 0.3) is 0 Å². The van der Waals surface area contributed by atoms with Crippen LogP contribution in [0.4, 0.5) is 0 Å². The lowest BCUT2D eigenvalue weighted by Crippen LogP contribution is -2.57. The first-order chi connectivity index (χ1) is 12.9. The van der Waals surface area contributed by atoms with Gasteiger partial charge in [-0.1, -0.05) is 26.0 Å². The third-order valence-corrected chi connectivity index (χ3v) is 11.0. The van der Waals surface area contributed by atoms with Gasteiger partial charge in [-0.25, -0.2) is 0 Å². The molecule has 2 heteroatoms. The van der Waals surface area contributed by atoms with Crippen molar-refractivity contribution < 1.29 is 9.53 Å². The largest absolute Gasteiger partial charge is 0.491 e. The van der Waals surface area contributed by atoms with Crippen molar-refractivity contribution in [2.75, 3.05) is 0 Å². The first kappa shape index (κ1) is 15.8. The molecule has 1 spiro atoms. The van der Waals surface area contributed by atoms with E-state index in [0.29, 0.717) is 16.6 Å². The van der Waals surface area contributed by atoms with Gasteiger partial charge >= 0.3 is 0 Å². The summed E-state index contributed by atoms with van der Waals surface area (Å²) in [4.78, 5) is 12.2. The minimum absolute atomic E-state index is 0.119. The summed E-state index contributed by atoms with van der Waals surface area (Å²) >= 11 is 0. The maximum atomic E-state index is 12.2. The van der Waals surface area contributed by atoms with Crippen LogP contribution in [-0.4, -0.2) is 11.4 Å². The molecule has 144 valence electrons. The van der Waals surface area contributed by atoms with Crippen LogP contribution in [0.15, 0.2) is 24.0 Å². The molecule has 1 aliphatic heterocycles. The van der Waals surface area contributed by atoms with Crippen LogP contribution in [0.5, 0.6) is 0 Å². The fourth-order valence-electron chi connectivity index (χ4n) is 9.83. The van der Waals surface area contributed by atoms with Crippen LogP contribution in [0.1, 0.15) is 65.2 Å². The molecule has 6 fully saturated rings. The Bertz CT molecular complexity index is 824. The predicted octanol–water partition coefficient (Wildman–Crippen LogP) is 5.29. The number of hydrogen-bond acceptors (Lipinski definition) is 2. The van der Waals surface area contributed by atoms with Gasteiger partial charge in [-0.2, -0.15) is 0 Å². The zero-order valence-corrected chi connectivity index (χ0v) is 16.8. The van der Waals surface area contributed by atoms with Crippen LogP contribution >= 0.6 is 0 Å². The summed E-state index contributed by atoms with van der Waals surface area (Å²) < 4.78 is 6.66. The summed E-state index contributed by atoms with van der Waals surface area (Å²) in [6.07, 6.45) is 11.7. The van der Waals surface area contributed by atoms with Gasteiger partial charge in [0.15, 0.2) is 5.78 Å². The highest BCUT2D eigenvalue weighted by Crippen LogP contribution is 2.82. The average Bonchev–Trinajstić information content (AvgIpc) is 3.53. The van der Waals surface area contributed by atoms with E-state index >= 15 is 0 Å².